The van der Waals surface area contributed by atoms with Gasteiger partial charge in [0.05, 0.1) is 17.8 Å². The van der Waals surface area contributed by atoms with Gasteiger partial charge < -0.3 is 15.2 Å². The Bertz CT molecular complexity index is 147. The molecular formula is C9H19NO2. The van der Waals surface area contributed by atoms with Gasteiger partial charge in [-0.05, 0) is 27.2 Å². The van der Waals surface area contributed by atoms with E-state index in [4.69, 9.17) is 4.74 Å². The quantitative estimate of drug-likeness (QED) is 0.651. The molecule has 0 unspecified atom stereocenters. The molecule has 3 nitrogen and oxygen atoms in total. The van der Waals surface area contributed by atoms with E-state index in [1.54, 1.807) is 13.8 Å². The first-order valence-corrected chi connectivity index (χ1v) is 4.48. The van der Waals surface area contributed by atoms with Crippen LogP contribution in [0, 0.1) is 0 Å². The first-order chi connectivity index (χ1) is 5.41. The van der Waals surface area contributed by atoms with Gasteiger partial charge in [0.25, 0.3) is 0 Å². The van der Waals surface area contributed by atoms with E-state index in [1.807, 2.05) is 0 Å². The van der Waals surface area contributed by atoms with Crippen molar-refractivity contribution in [2.75, 3.05) is 19.7 Å². The van der Waals surface area contributed by atoms with Gasteiger partial charge in [-0.25, -0.2) is 0 Å². The highest BCUT2D eigenvalue weighted by Crippen LogP contribution is 2.17. The van der Waals surface area contributed by atoms with Crippen LogP contribution in [0.3, 0.4) is 0 Å². The fraction of sp³-hybridized carbons (Fsp3) is 1.00. The molecule has 1 fully saturated rings. The molecule has 0 amide bonds. The molecule has 0 radical (unpaired) electrons. The number of aliphatic hydroxyl groups is 1. The third-order valence-electron chi connectivity index (χ3n) is 2.16. The van der Waals surface area contributed by atoms with Crippen molar-refractivity contribution in [1.29, 1.82) is 0 Å². The standard InChI is InChI=1S/C9H19NO2/c1-8(2,11)4-5-12-9(3)6-10-7-9/h10-11H,4-7H2,1-3H3. The zero-order chi connectivity index (χ0) is 9.24. The molecule has 0 saturated carbocycles. The van der Waals surface area contributed by atoms with E-state index in [9.17, 15) is 5.11 Å². The van der Waals surface area contributed by atoms with Crippen molar-refractivity contribution in [2.45, 2.75) is 38.4 Å². The second-order valence-corrected chi connectivity index (χ2v) is 4.46. The van der Waals surface area contributed by atoms with E-state index in [-0.39, 0.29) is 5.60 Å². The van der Waals surface area contributed by atoms with E-state index in [0.717, 1.165) is 13.1 Å². The molecule has 1 saturated heterocycles. The van der Waals surface area contributed by atoms with Crippen LogP contribution in [0.4, 0.5) is 0 Å². The van der Waals surface area contributed by atoms with Crippen LogP contribution >= 0.6 is 0 Å². The summed E-state index contributed by atoms with van der Waals surface area (Å²) in [4.78, 5) is 0. The highest BCUT2D eigenvalue weighted by atomic mass is 16.5. The van der Waals surface area contributed by atoms with Crippen LogP contribution in [0.15, 0.2) is 0 Å². The van der Waals surface area contributed by atoms with Crippen molar-refractivity contribution < 1.29 is 9.84 Å². The highest BCUT2D eigenvalue weighted by molar-refractivity contribution is 4.90. The number of hydrogen-bond donors (Lipinski definition) is 2. The highest BCUT2D eigenvalue weighted by Gasteiger charge is 2.32. The zero-order valence-corrected chi connectivity index (χ0v) is 8.18. The van der Waals surface area contributed by atoms with Crippen molar-refractivity contribution in [3.8, 4) is 0 Å². The molecular weight excluding hydrogens is 154 g/mol. The van der Waals surface area contributed by atoms with E-state index in [0.29, 0.717) is 13.0 Å². The fourth-order valence-corrected chi connectivity index (χ4v) is 1.13. The van der Waals surface area contributed by atoms with Crippen LogP contribution in [-0.4, -0.2) is 36.0 Å². The van der Waals surface area contributed by atoms with Crippen LogP contribution in [0.2, 0.25) is 0 Å². The Balaban J connectivity index is 2.10. The Labute approximate surface area is 74.1 Å². The van der Waals surface area contributed by atoms with Crippen molar-refractivity contribution in [3.63, 3.8) is 0 Å². The van der Waals surface area contributed by atoms with E-state index >= 15 is 0 Å². The van der Waals surface area contributed by atoms with Gasteiger partial charge in [-0.1, -0.05) is 0 Å². The second-order valence-electron chi connectivity index (χ2n) is 4.46. The number of rotatable bonds is 4. The number of hydrogen-bond acceptors (Lipinski definition) is 3. The van der Waals surface area contributed by atoms with Crippen molar-refractivity contribution in [2.24, 2.45) is 0 Å². The minimum Gasteiger partial charge on any atom is -0.390 e. The maximum atomic E-state index is 9.41. The lowest BCUT2D eigenvalue weighted by molar-refractivity contribution is -0.0834. The molecule has 0 aromatic rings. The molecule has 2 N–H and O–H groups in total. The average Bonchev–Trinajstić information content (AvgIpc) is 1.81. The van der Waals surface area contributed by atoms with Crippen molar-refractivity contribution in [1.82, 2.24) is 5.32 Å². The van der Waals surface area contributed by atoms with Gasteiger partial charge in [0.2, 0.25) is 0 Å². The average molecular weight is 173 g/mol. The minimum absolute atomic E-state index is 0.0191. The zero-order valence-electron chi connectivity index (χ0n) is 8.18. The van der Waals surface area contributed by atoms with Gasteiger partial charge in [0, 0.05) is 13.1 Å². The SMILES string of the molecule is CC(C)(O)CCOC1(C)CNC1. The molecule has 1 aliphatic heterocycles. The Morgan fingerprint density at radius 3 is 2.42 bits per heavy atom. The third-order valence-corrected chi connectivity index (χ3v) is 2.16. The normalized spacial score (nSPS) is 22.0. The van der Waals surface area contributed by atoms with Crippen molar-refractivity contribution >= 4 is 0 Å². The van der Waals surface area contributed by atoms with Gasteiger partial charge in [0.15, 0.2) is 0 Å². The lowest BCUT2D eigenvalue weighted by Gasteiger charge is -2.39. The third kappa shape index (κ3) is 3.09. The summed E-state index contributed by atoms with van der Waals surface area (Å²) in [6, 6.07) is 0. The van der Waals surface area contributed by atoms with Crippen LogP contribution < -0.4 is 5.32 Å². The van der Waals surface area contributed by atoms with E-state index in [1.165, 1.54) is 0 Å². The molecule has 0 bridgehead atoms. The lowest BCUT2D eigenvalue weighted by atomic mass is 9.99. The van der Waals surface area contributed by atoms with Crippen LogP contribution in [0.1, 0.15) is 27.2 Å². The van der Waals surface area contributed by atoms with Gasteiger partial charge >= 0.3 is 0 Å². The van der Waals surface area contributed by atoms with E-state index < -0.39 is 5.60 Å². The molecule has 1 aliphatic rings. The monoisotopic (exact) mass is 173 g/mol. The van der Waals surface area contributed by atoms with Crippen LogP contribution in [-0.2, 0) is 4.74 Å². The molecule has 12 heavy (non-hydrogen) atoms. The summed E-state index contributed by atoms with van der Waals surface area (Å²) in [6.45, 7) is 8.20. The fourth-order valence-electron chi connectivity index (χ4n) is 1.13. The first-order valence-electron chi connectivity index (χ1n) is 4.48. The summed E-state index contributed by atoms with van der Waals surface area (Å²) in [5, 5.41) is 12.6. The van der Waals surface area contributed by atoms with Gasteiger partial charge in [-0.2, -0.15) is 0 Å². The first kappa shape index (κ1) is 9.96. The summed E-state index contributed by atoms with van der Waals surface area (Å²) in [7, 11) is 0. The van der Waals surface area contributed by atoms with Crippen LogP contribution in [0.25, 0.3) is 0 Å². The topological polar surface area (TPSA) is 41.5 Å². The number of ether oxygens (including phenoxy) is 1. The Hall–Kier alpha value is -0.120. The van der Waals surface area contributed by atoms with Gasteiger partial charge in [-0.15, -0.1) is 0 Å². The summed E-state index contributed by atoms with van der Waals surface area (Å²) < 4.78 is 5.62. The Morgan fingerprint density at radius 1 is 1.50 bits per heavy atom. The lowest BCUT2D eigenvalue weighted by Crippen LogP contribution is -2.59. The molecule has 0 atom stereocenters. The van der Waals surface area contributed by atoms with Gasteiger partial charge in [-0.3, -0.25) is 0 Å². The smallest absolute Gasteiger partial charge is 0.0901 e. The molecule has 0 aromatic heterocycles. The van der Waals surface area contributed by atoms with Crippen molar-refractivity contribution in [3.05, 3.63) is 0 Å². The molecule has 0 aromatic carbocycles. The number of nitrogens with one attached hydrogen (secondary N) is 1. The molecule has 0 aliphatic carbocycles. The predicted octanol–water partition coefficient (Wildman–Crippen LogP) is 0.526. The minimum atomic E-state index is -0.604. The molecule has 72 valence electrons. The molecule has 1 rings (SSSR count). The summed E-state index contributed by atoms with van der Waals surface area (Å²) in [6.07, 6.45) is 0.697. The Morgan fingerprint density at radius 2 is 2.08 bits per heavy atom. The summed E-state index contributed by atoms with van der Waals surface area (Å²) in [5.74, 6) is 0. The largest absolute Gasteiger partial charge is 0.390 e. The predicted molar refractivity (Wildman–Crippen MR) is 48.1 cm³/mol. The second kappa shape index (κ2) is 3.32. The van der Waals surface area contributed by atoms with Gasteiger partial charge in [0.1, 0.15) is 0 Å². The maximum Gasteiger partial charge on any atom is 0.0901 e. The van der Waals surface area contributed by atoms with Crippen LogP contribution in [0.5, 0.6) is 0 Å². The summed E-state index contributed by atoms with van der Waals surface area (Å²) >= 11 is 0. The van der Waals surface area contributed by atoms with E-state index in [2.05, 4.69) is 12.2 Å². The molecule has 0 spiro atoms. The maximum absolute atomic E-state index is 9.41. The molecule has 3 heteroatoms. The summed E-state index contributed by atoms with van der Waals surface area (Å²) in [5.41, 5.74) is -0.585. The Kier molecular flexibility index (Phi) is 2.76. The molecule has 1 heterocycles.